The van der Waals surface area contributed by atoms with Crippen molar-refractivity contribution in [2.24, 2.45) is 0 Å². The van der Waals surface area contributed by atoms with Crippen LogP contribution >= 0.6 is 31.9 Å². The van der Waals surface area contributed by atoms with Crippen molar-refractivity contribution in [1.29, 1.82) is 0 Å². The number of halogens is 2. The second-order valence-corrected chi connectivity index (χ2v) is 6.50. The highest BCUT2D eigenvalue weighted by Crippen LogP contribution is 2.23. The van der Waals surface area contributed by atoms with E-state index in [-0.39, 0.29) is 0 Å². The molecule has 0 saturated heterocycles. The van der Waals surface area contributed by atoms with Crippen LogP contribution in [0.2, 0.25) is 0 Å². The van der Waals surface area contributed by atoms with E-state index in [1.807, 2.05) is 24.4 Å². The minimum absolute atomic E-state index is 0.510. The molecular formula is C16H18Br2N2O. The number of pyridine rings is 1. The first-order valence-corrected chi connectivity index (χ1v) is 8.49. The molecule has 0 aliphatic carbocycles. The Bertz CT molecular complexity index is 590. The van der Waals surface area contributed by atoms with Crippen LogP contribution < -0.4 is 10.1 Å². The van der Waals surface area contributed by atoms with Crippen molar-refractivity contribution in [2.75, 3.05) is 6.54 Å². The molecule has 1 aromatic heterocycles. The number of hydrogen-bond acceptors (Lipinski definition) is 3. The molecule has 0 amide bonds. The standard InChI is InChI=1S/C16H18Br2N2O/c1-2-5-19-9-13-7-15(3-4-16(13)18)21-11-12-6-14(17)10-20-8-12/h3-4,6-8,10,19H,2,5,9,11H2,1H3. The fraction of sp³-hybridized carbons (Fsp3) is 0.312. The van der Waals surface area contributed by atoms with Gasteiger partial charge in [-0.2, -0.15) is 0 Å². The highest BCUT2D eigenvalue weighted by atomic mass is 79.9. The zero-order chi connectivity index (χ0) is 15.1. The zero-order valence-electron chi connectivity index (χ0n) is 11.9. The van der Waals surface area contributed by atoms with Crippen LogP contribution in [0.5, 0.6) is 5.75 Å². The van der Waals surface area contributed by atoms with Gasteiger partial charge in [0.05, 0.1) is 0 Å². The third-order valence-corrected chi connectivity index (χ3v) is 4.13. The van der Waals surface area contributed by atoms with Gasteiger partial charge in [0.1, 0.15) is 12.4 Å². The van der Waals surface area contributed by atoms with E-state index in [4.69, 9.17) is 4.74 Å². The Labute approximate surface area is 142 Å². The first-order chi connectivity index (χ1) is 10.2. The van der Waals surface area contributed by atoms with Gasteiger partial charge in [-0.3, -0.25) is 4.98 Å². The van der Waals surface area contributed by atoms with Gasteiger partial charge >= 0.3 is 0 Å². The van der Waals surface area contributed by atoms with Crippen molar-refractivity contribution >= 4 is 31.9 Å². The summed E-state index contributed by atoms with van der Waals surface area (Å²) in [7, 11) is 0. The van der Waals surface area contributed by atoms with Gasteiger partial charge in [0.25, 0.3) is 0 Å². The van der Waals surface area contributed by atoms with Gasteiger partial charge < -0.3 is 10.1 Å². The maximum Gasteiger partial charge on any atom is 0.120 e. The van der Waals surface area contributed by atoms with Crippen molar-refractivity contribution < 1.29 is 4.74 Å². The van der Waals surface area contributed by atoms with Gasteiger partial charge in [0, 0.05) is 33.4 Å². The molecule has 0 spiro atoms. The third-order valence-electron chi connectivity index (χ3n) is 2.93. The van der Waals surface area contributed by atoms with E-state index in [9.17, 15) is 0 Å². The van der Waals surface area contributed by atoms with Gasteiger partial charge in [-0.1, -0.05) is 22.9 Å². The van der Waals surface area contributed by atoms with E-state index < -0.39 is 0 Å². The summed E-state index contributed by atoms with van der Waals surface area (Å²) < 4.78 is 7.90. The SMILES string of the molecule is CCCNCc1cc(OCc2cncc(Br)c2)ccc1Br. The molecule has 0 aliphatic rings. The molecular weight excluding hydrogens is 396 g/mol. The summed E-state index contributed by atoms with van der Waals surface area (Å²) in [5, 5.41) is 3.40. The predicted octanol–water partition coefficient (Wildman–Crippen LogP) is 4.69. The number of benzene rings is 1. The molecule has 3 nitrogen and oxygen atoms in total. The molecule has 0 unspecified atom stereocenters. The van der Waals surface area contributed by atoms with Gasteiger partial charge in [-0.25, -0.2) is 0 Å². The minimum Gasteiger partial charge on any atom is -0.489 e. The maximum absolute atomic E-state index is 5.84. The molecule has 0 saturated carbocycles. The molecule has 0 aliphatic heterocycles. The van der Waals surface area contributed by atoms with Gasteiger partial charge in [-0.15, -0.1) is 0 Å². The van der Waals surface area contributed by atoms with E-state index in [0.717, 1.165) is 39.8 Å². The summed E-state index contributed by atoms with van der Waals surface area (Å²) in [6.07, 6.45) is 4.71. The maximum atomic E-state index is 5.84. The molecule has 0 atom stereocenters. The monoisotopic (exact) mass is 412 g/mol. The molecule has 112 valence electrons. The van der Waals surface area contributed by atoms with Crippen molar-refractivity contribution in [3.63, 3.8) is 0 Å². The van der Waals surface area contributed by atoms with Crippen LogP contribution in [0.15, 0.2) is 45.6 Å². The summed E-state index contributed by atoms with van der Waals surface area (Å²) >= 11 is 6.99. The number of ether oxygens (including phenoxy) is 1. The molecule has 5 heteroatoms. The fourth-order valence-electron chi connectivity index (χ4n) is 1.88. The molecule has 2 rings (SSSR count). The Morgan fingerprint density at radius 1 is 1.19 bits per heavy atom. The lowest BCUT2D eigenvalue weighted by Crippen LogP contribution is -2.14. The average molecular weight is 414 g/mol. The Morgan fingerprint density at radius 3 is 2.81 bits per heavy atom. The number of aromatic nitrogens is 1. The smallest absolute Gasteiger partial charge is 0.120 e. The quantitative estimate of drug-likeness (QED) is 0.668. The Balaban J connectivity index is 1.98. The van der Waals surface area contributed by atoms with E-state index in [1.54, 1.807) is 6.20 Å². The van der Waals surface area contributed by atoms with Crippen LogP contribution in [0.1, 0.15) is 24.5 Å². The van der Waals surface area contributed by atoms with Crippen LogP contribution in [-0.2, 0) is 13.2 Å². The van der Waals surface area contributed by atoms with E-state index >= 15 is 0 Å². The van der Waals surface area contributed by atoms with Gasteiger partial charge in [0.15, 0.2) is 0 Å². The lowest BCUT2D eigenvalue weighted by Gasteiger charge is -2.10. The molecule has 1 heterocycles. The average Bonchev–Trinajstić information content (AvgIpc) is 2.48. The fourth-order valence-corrected chi connectivity index (χ4v) is 2.68. The Kier molecular flexibility index (Phi) is 6.67. The molecule has 1 aromatic carbocycles. The minimum atomic E-state index is 0.510. The molecule has 0 radical (unpaired) electrons. The zero-order valence-corrected chi connectivity index (χ0v) is 15.1. The van der Waals surface area contributed by atoms with Crippen molar-refractivity contribution in [3.8, 4) is 5.75 Å². The summed E-state index contributed by atoms with van der Waals surface area (Å²) in [6.45, 7) is 4.52. The highest BCUT2D eigenvalue weighted by Gasteiger charge is 2.03. The second kappa shape index (κ2) is 8.51. The molecule has 21 heavy (non-hydrogen) atoms. The third kappa shape index (κ3) is 5.41. The highest BCUT2D eigenvalue weighted by molar-refractivity contribution is 9.10. The topological polar surface area (TPSA) is 34.1 Å². The van der Waals surface area contributed by atoms with Crippen LogP contribution in [0.25, 0.3) is 0 Å². The lowest BCUT2D eigenvalue weighted by molar-refractivity contribution is 0.305. The second-order valence-electron chi connectivity index (χ2n) is 4.73. The molecule has 2 aromatic rings. The van der Waals surface area contributed by atoms with Crippen molar-refractivity contribution in [1.82, 2.24) is 10.3 Å². The van der Waals surface area contributed by atoms with E-state index in [1.165, 1.54) is 5.56 Å². The summed E-state index contributed by atoms with van der Waals surface area (Å²) in [5.41, 5.74) is 2.24. The van der Waals surface area contributed by atoms with Crippen LogP contribution in [0.4, 0.5) is 0 Å². The first-order valence-electron chi connectivity index (χ1n) is 6.90. The van der Waals surface area contributed by atoms with E-state index in [0.29, 0.717) is 6.61 Å². The van der Waals surface area contributed by atoms with Crippen molar-refractivity contribution in [3.05, 3.63) is 56.7 Å². The summed E-state index contributed by atoms with van der Waals surface area (Å²) in [4.78, 5) is 4.13. The Hall–Kier alpha value is -0.910. The summed E-state index contributed by atoms with van der Waals surface area (Å²) in [6, 6.07) is 8.07. The first kappa shape index (κ1) is 16.5. The largest absolute Gasteiger partial charge is 0.489 e. The normalized spacial score (nSPS) is 10.6. The number of nitrogens with zero attached hydrogens (tertiary/aromatic N) is 1. The van der Waals surface area contributed by atoms with Gasteiger partial charge in [0.2, 0.25) is 0 Å². The number of nitrogens with one attached hydrogen (secondary N) is 1. The van der Waals surface area contributed by atoms with E-state index in [2.05, 4.69) is 55.2 Å². The van der Waals surface area contributed by atoms with Crippen molar-refractivity contribution in [2.45, 2.75) is 26.5 Å². The lowest BCUT2D eigenvalue weighted by atomic mass is 10.2. The summed E-state index contributed by atoms with van der Waals surface area (Å²) in [5.74, 6) is 0.867. The van der Waals surface area contributed by atoms with Crippen LogP contribution in [0, 0.1) is 0 Å². The predicted molar refractivity (Wildman–Crippen MR) is 92.4 cm³/mol. The molecule has 0 bridgehead atoms. The van der Waals surface area contributed by atoms with Crippen LogP contribution in [-0.4, -0.2) is 11.5 Å². The Morgan fingerprint density at radius 2 is 2.05 bits per heavy atom. The molecule has 1 N–H and O–H groups in total. The molecule has 0 fully saturated rings. The van der Waals surface area contributed by atoms with Crippen LogP contribution in [0.3, 0.4) is 0 Å². The number of rotatable bonds is 7. The van der Waals surface area contributed by atoms with Gasteiger partial charge in [-0.05, 0) is 58.7 Å². The number of hydrogen-bond donors (Lipinski definition) is 1.